The summed E-state index contributed by atoms with van der Waals surface area (Å²) in [6.07, 6.45) is 12.2. The van der Waals surface area contributed by atoms with Crippen LogP contribution in [0.5, 0.6) is 0 Å². The van der Waals surface area contributed by atoms with E-state index in [0.29, 0.717) is 0 Å². The highest BCUT2D eigenvalue weighted by Crippen LogP contribution is 2.12. The highest BCUT2D eigenvalue weighted by atomic mass is 127. The fourth-order valence-electron chi connectivity index (χ4n) is 2.25. The third-order valence-electron chi connectivity index (χ3n) is 3.44. The third-order valence-corrected chi connectivity index (χ3v) is 4.20. The van der Waals surface area contributed by atoms with Crippen LogP contribution in [0.1, 0.15) is 63.0 Å². The minimum absolute atomic E-state index is 1.24. The van der Waals surface area contributed by atoms with Gasteiger partial charge < -0.3 is 0 Å². The molecule has 0 N–H and O–H groups in total. The van der Waals surface area contributed by atoms with E-state index >= 15 is 0 Å². The van der Waals surface area contributed by atoms with Crippen molar-refractivity contribution < 1.29 is 0 Å². The molecule has 0 heterocycles. The Labute approximate surface area is 127 Å². The van der Waals surface area contributed by atoms with E-state index in [1.165, 1.54) is 73.3 Å². The van der Waals surface area contributed by atoms with Crippen LogP contribution in [0.3, 0.4) is 0 Å². The Morgan fingerprint density at radius 2 is 1.22 bits per heavy atom. The summed E-state index contributed by atoms with van der Waals surface area (Å²) in [4.78, 5) is 0. The fraction of sp³-hybridized carbons (Fsp3) is 0.647. The van der Waals surface area contributed by atoms with Crippen LogP contribution in [0.4, 0.5) is 0 Å². The molecule has 1 rings (SSSR count). The van der Waals surface area contributed by atoms with Crippen LogP contribution in [-0.4, -0.2) is 4.43 Å². The van der Waals surface area contributed by atoms with Crippen LogP contribution in [-0.2, 0) is 12.8 Å². The van der Waals surface area contributed by atoms with Gasteiger partial charge >= 0.3 is 0 Å². The molecule has 0 atom stereocenters. The summed E-state index contributed by atoms with van der Waals surface area (Å²) < 4.78 is 1.26. The summed E-state index contributed by atoms with van der Waals surface area (Å²) >= 11 is 2.45. The van der Waals surface area contributed by atoms with Crippen molar-refractivity contribution in [2.45, 2.75) is 64.7 Å². The van der Waals surface area contributed by atoms with Gasteiger partial charge in [-0.15, -0.1) is 0 Å². The highest BCUT2D eigenvalue weighted by molar-refractivity contribution is 14.1. The molecule has 18 heavy (non-hydrogen) atoms. The first-order chi connectivity index (χ1) is 8.86. The van der Waals surface area contributed by atoms with E-state index in [1.54, 1.807) is 0 Å². The number of hydrogen-bond donors (Lipinski definition) is 0. The van der Waals surface area contributed by atoms with Gasteiger partial charge in [0.05, 0.1) is 0 Å². The summed E-state index contributed by atoms with van der Waals surface area (Å²) in [5, 5.41) is 0. The Morgan fingerprint density at radius 1 is 0.722 bits per heavy atom. The van der Waals surface area contributed by atoms with Gasteiger partial charge in [-0.05, 0) is 41.2 Å². The molecular formula is C17H27I. The number of alkyl halides is 1. The predicted molar refractivity (Wildman–Crippen MR) is 90.7 cm³/mol. The molecule has 0 spiro atoms. The zero-order valence-electron chi connectivity index (χ0n) is 11.8. The summed E-state index contributed by atoms with van der Waals surface area (Å²) in [5.74, 6) is 0. The topological polar surface area (TPSA) is 0 Å². The third kappa shape index (κ3) is 7.40. The minimum atomic E-state index is 1.24. The molecule has 1 aromatic rings. The lowest BCUT2D eigenvalue weighted by Crippen LogP contribution is -1.89. The van der Waals surface area contributed by atoms with Gasteiger partial charge in [-0.2, -0.15) is 0 Å². The van der Waals surface area contributed by atoms with E-state index in [9.17, 15) is 0 Å². The van der Waals surface area contributed by atoms with Gasteiger partial charge in [0.25, 0.3) is 0 Å². The molecule has 0 aliphatic rings. The van der Waals surface area contributed by atoms with E-state index in [-0.39, 0.29) is 0 Å². The van der Waals surface area contributed by atoms with Gasteiger partial charge in [-0.25, -0.2) is 0 Å². The average Bonchev–Trinajstić information content (AvgIpc) is 2.42. The number of rotatable bonds is 10. The fourth-order valence-corrected chi connectivity index (χ4v) is 2.63. The Kier molecular flexibility index (Phi) is 9.63. The number of hydrogen-bond acceptors (Lipinski definition) is 0. The van der Waals surface area contributed by atoms with Gasteiger partial charge in [0, 0.05) is 0 Å². The SMILES string of the molecule is CCCCCCCCc1ccc(CCCI)cc1. The normalized spacial score (nSPS) is 10.8. The lowest BCUT2D eigenvalue weighted by Gasteiger charge is -2.04. The number of halogens is 1. The van der Waals surface area contributed by atoms with Gasteiger partial charge in [0.15, 0.2) is 0 Å². The second-order valence-corrected chi connectivity index (χ2v) is 6.21. The molecule has 1 heteroatoms. The predicted octanol–water partition coefficient (Wildman–Crippen LogP) is 5.96. The molecule has 0 saturated heterocycles. The Hall–Kier alpha value is -0.0500. The molecule has 0 radical (unpaired) electrons. The van der Waals surface area contributed by atoms with Gasteiger partial charge in [0.1, 0.15) is 0 Å². The number of aryl methyl sites for hydroxylation is 2. The van der Waals surface area contributed by atoms with Crippen molar-refractivity contribution >= 4 is 22.6 Å². The molecule has 0 aromatic heterocycles. The lowest BCUT2D eigenvalue weighted by atomic mass is 10.0. The monoisotopic (exact) mass is 358 g/mol. The molecule has 0 aliphatic carbocycles. The highest BCUT2D eigenvalue weighted by Gasteiger charge is 1.96. The lowest BCUT2D eigenvalue weighted by molar-refractivity contribution is 0.607. The smallest absolute Gasteiger partial charge is 0.000156 e. The molecule has 0 nitrogen and oxygen atoms in total. The van der Waals surface area contributed by atoms with Crippen molar-refractivity contribution in [2.24, 2.45) is 0 Å². The van der Waals surface area contributed by atoms with Crippen LogP contribution in [0, 0.1) is 0 Å². The summed E-state index contributed by atoms with van der Waals surface area (Å²) in [6.45, 7) is 2.28. The largest absolute Gasteiger partial charge is 0.0864 e. The first-order valence-electron chi connectivity index (χ1n) is 7.50. The molecule has 0 unspecified atom stereocenters. The van der Waals surface area contributed by atoms with E-state index in [2.05, 4.69) is 53.8 Å². The van der Waals surface area contributed by atoms with Crippen molar-refractivity contribution in [3.8, 4) is 0 Å². The summed E-state index contributed by atoms with van der Waals surface area (Å²) in [6, 6.07) is 9.29. The van der Waals surface area contributed by atoms with Crippen molar-refractivity contribution in [3.63, 3.8) is 0 Å². The van der Waals surface area contributed by atoms with Crippen LogP contribution in [0.25, 0.3) is 0 Å². The van der Waals surface area contributed by atoms with Crippen molar-refractivity contribution in [2.75, 3.05) is 4.43 Å². The number of unbranched alkanes of at least 4 members (excludes halogenated alkanes) is 5. The van der Waals surface area contributed by atoms with Crippen molar-refractivity contribution in [1.29, 1.82) is 0 Å². The molecule has 0 bridgehead atoms. The maximum atomic E-state index is 2.45. The molecule has 0 aliphatic heterocycles. The van der Waals surface area contributed by atoms with Crippen LogP contribution in [0.2, 0.25) is 0 Å². The quantitative estimate of drug-likeness (QED) is 0.275. The minimum Gasteiger partial charge on any atom is -0.0864 e. The van der Waals surface area contributed by atoms with Crippen molar-refractivity contribution in [1.82, 2.24) is 0 Å². The second kappa shape index (κ2) is 10.8. The molecule has 1 aromatic carbocycles. The van der Waals surface area contributed by atoms with E-state index in [4.69, 9.17) is 0 Å². The molecule has 0 amide bonds. The zero-order valence-corrected chi connectivity index (χ0v) is 13.9. The van der Waals surface area contributed by atoms with Gasteiger partial charge in [0.2, 0.25) is 0 Å². The molecule has 0 saturated carbocycles. The second-order valence-electron chi connectivity index (χ2n) is 5.13. The first-order valence-corrected chi connectivity index (χ1v) is 9.03. The van der Waals surface area contributed by atoms with Gasteiger partial charge in [-0.3, -0.25) is 0 Å². The van der Waals surface area contributed by atoms with Crippen LogP contribution in [0.15, 0.2) is 24.3 Å². The molecular weight excluding hydrogens is 331 g/mol. The number of benzene rings is 1. The zero-order chi connectivity index (χ0) is 13.1. The molecule has 102 valence electrons. The van der Waals surface area contributed by atoms with Crippen LogP contribution < -0.4 is 0 Å². The van der Waals surface area contributed by atoms with E-state index in [1.807, 2.05) is 0 Å². The standard InChI is InChI=1S/C17H27I/c1-2-3-4-5-6-7-9-16-11-13-17(14-12-16)10-8-15-18/h11-14H,2-10,15H2,1H3. The Balaban J connectivity index is 2.14. The Morgan fingerprint density at radius 3 is 1.78 bits per heavy atom. The van der Waals surface area contributed by atoms with E-state index < -0.39 is 0 Å². The van der Waals surface area contributed by atoms with Crippen LogP contribution >= 0.6 is 22.6 Å². The molecule has 0 fully saturated rings. The summed E-state index contributed by atoms with van der Waals surface area (Å²) in [5.41, 5.74) is 3.02. The average molecular weight is 358 g/mol. The summed E-state index contributed by atoms with van der Waals surface area (Å²) in [7, 11) is 0. The van der Waals surface area contributed by atoms with Gasteiger partial charge in [-0.1, -0.05) is 85.9 Å². The maximum absolute atomic E-state index is 2.45. The van der Waals surface area contributed by atoms with Crippen molar-refractivity contribution in [3.05, 3.63) is 35.4 Å². The maximum Gasteiger partial charge on any atom is -0.000156 e. The Bertz CT molecular complexity index is 289. The van der Waals surface area contributed by atoms with E-state index in [0.717, 1.165) is 0 Å². The first kappa shape index (κ1) is 16.0.